The number of carbonyl (C=O) groups excluding carboxylic acids is 2. The van der Waals surface area contributed by atoms with Crippen LogP contribution in [-0.2, 0) is 25.6 Å². The average molecular weight is 410 g/mol. The van der Waals surface area contributed by atoms with Crippen molar-refractivity contribution in [3.63, 3.8) is 0 Å². The SMILES string of the molecule is Cc1ccc(-c2cc3n(n2)CCC(=O)N3CC(=O)N2CCC3(CC2)OCCO3)cc1. The summed E-state index contributed by atoms with van der Waals surface area (Å²) in [6.07, 6.45) is 1.68. The minimum Gasteiger partial charge on any atom is -0.347 e. The molecule has 4 heterocycles. The molecule has 0 radical (unpaired) electrons. The summed E-state index contributed by atoms with van der Waals surface area (Å²) in [5, 5.41) is 4.67. The first-order valence-corrected chi connectivity index (χ1v) is 10.5. The van der Waals surface area contributed by atoms with E-state index < -0.39 is 5.79 Å². The summed E-state index contributed by atoms with van der Waals surface area (Å²) in [4.78, 5) is 29.0. The number of rotatable bonds is 3. The van der Waals surface area contributed by atoms with Gasteiger partial charge in [0.2, 0.25) is 11.8 Å². The molecule has 2 saturated heterocycles. The minimum atomic E-state index is -0.515. The number of amides is 2. The molecule has 0 atom stereocenters. The zero-order valence-electron chi connectivity index (χ0n) is 17.2. The second kappa shape index (κ2) is 7.52. The predicted molar refractivity (Wildman–Crippen MR) is 110 cm³/mol. The Bertz CT molecular complexity index is 952. The Morgan fingerprint density at radius 1 is 1.10 bits per heavy atom. The van der Waals surface area contributed by atoms with Crippen LogP contribution in [0.25, 0.3) is 11.3 Å². The van der Waals surface area contributed by atoms with E-state index in [1.54, 1.807) is 9.80 Å². The van der Waals surface area contributed by atoms with Crippen LogP contribution < -0.4 is 4.90 Å². The Labute approximate surface area is 175 Å². The zero-order valence-corrected chi connectivity index (χ0v) is 17.2. The fourth-order valence-electron chi connectivity index (χ4n) is 4.41. The summed E-state index contributed by atoms with van der Waals surface area (Å²) in [6.45, 7) is 5.00. The maximum absolute atomic E-state index is 13.0. The van der Waals surface area contributed by atoms with Crippen molar-refractivity contribution in [3.05, 3.63) is 35.9 Å². The van der Waals surface area contributed by atoms with E-state index in [1.165, 1.54) is 5.56 Å². The lowest BCUT2D eigenvalue weighted by atomic mass is 10.0. The molecule has 2 amide bonds. The van der Waals surface area contributed by atoms with Gasteiger partial charge in [-0.2, -0.15) is 5.10 Å². The van der Waals surface area contributed by atoms with Gasteiger partial charge in [0.25, 0.3) is 0 Å². The molecule has 2 aromatic rings. The van der Waals surface area contributed by atoms with E-state index in [2.05, 4.69) is 5.10 Å². The van der Waals surface area contributed by atoms with Crippen molar-refractivity contribution in [1.29, 1.82) is 0 Å². The Kier molecular flexibility index (Phi) is 4.83. The van der Waals surface area contributed by atoms with Gasteiger partial charge < -0.3 is 14.4 Å². The summed E-state index contributed by atoms with van der Waals surface area (Å²) in [5.74, 6) is 0.0789. The predicted octanol–water partition coefficient (Wildman–Crippen LogP) is 1.96. The van der Waals surface area contributed by atoms with Crippen molar-refractivity contribution in [1.82, 2.24) is 14.7 Å². The van der Waals surface area contributed by atoms with Crippen LogP contribution in [0.1, 0.15) is 24.8 Å². The highest BCUT2D eigenvalue weighted by molar-refractivity contribution is 5.99. The van der Waals surface area contributed by atoms with E-state index in [9.17, 15) is 9.59 Å². The van der Waals surface area contributed by atoms with Gasteiger partial charge in [-0.05, 0) is 6.92 Å². The normalized spacial score (nSPS) is 20.6. The Morgan fingerprint density at radius 3 is 2.50 bits per heavy atom. The number of hydrogen-bond acceptors (Lipinski definition) is 5. The van der Waals surface area contributed by atoms with Gasteiger partial charge in [-0.3, -0.25) is 14.5 Å². The molecule has 0 unspecified atom stereocenters. The third-order valence-electron chi connectivity index (χ3n) is 6.21. The van der Waals surface area contributed by atoms with Crippen LogP contribution in [0.5, 0.6) is 0 Å². The molecule has 30 heavy (non-hydrogen) atoms. The number of anilines is 1. The number of fused-ring (bicyclic) bond motifs is 1. The fourth-order valence-corrected chi connectivity index (χ4v) is 4.41. The first-order chi connectivity index (χ1) is 14.5. The van der Waals surface area contributed by atoms with Gasteiger partial charge in [-0.1, -0.05) is 29.8 Å². The monoisotopic (exact) mass is 410 g/mol. The molecule has 5 rings (SSSR count). The van der Waals surface area contributed by atoms with Gasteiger partial charge >= 0.3 is 0 Å². The first-order valence-electron chi connectivity index (χ1n) is 10.5. The third kappa shape index (κ3) is 3.50. The van der Waals surface area contributed by atoms with E-state index in [0.717, 1.165) is 11.3 Å². The molecule has 0 bridgehead atoms. The van der Waals surface area contributed by atoms with Crippen LogP contribution in [0.15, 0.2) is 30.3 Å². The Balaban J connectivity index is 1.31. The van der Waals surface area contributed by atoms with E-state index in [1.807, 2.05) is 41.9 Å². The topological polar surface area (TPSA) is 76.9 Å². The molecule has 8 heteroatoms. The molecule has 8 nitrogen and oxygen atoms in total. The maximum Gasteiger partial charge on any atom is 0.242 e. The first kappa shape index (κ1) is 19.3. The highest BCUT2D eigenvalue weighted by Crippen LogP contribution is 2.32. The molecule has 158 valence electrons. The number of ether oxygens (including phenoxy) is 2. The molecule has 0 saturated carbocycles. The molecular weight excluding hydrogens is 384 g/mol. The summed E-state index contributed by atoms with van der Waals surface area (Å²) in [6, 6.07) is 10.0. The van der Waals surface area contributed by atoms with Gasteiger partial charge in [0.15, 0.2) is 5.79 Å². The van der Waals surface area contributed by atoms with Gasteiger partial charge in [0.1, 0.15) is 12.4 Å². The lowest BCUT2D eigenvalue weighted by Gasteiger charge is -2.38. The van der Waals surface area contributed by atoms with Crippen LogP contribution in [0, 0.1) is 6.92 Å². The molecular formula is C22H26N4O4. The van der Waals surface area contributed by atoms with Crippen LogP contribution in [0.4, 0.5) is 5.82 Å². The smallest absolute Gasteiger partial charge is 0.242 e. The second-order valence-electron chi connectivity index (χ2n) is 8.20. The summed E-state index contributed by atoms with van der Waals surface area (Å²) in [7, 11) is 0. The number of aromatic nitrogens is 2. The molecule has 3 aliphatic heterocycles. The van der Waals surface area contributed by atoms with Gasteiger partial charge in [0.05, 0.1) is 25.5 Å². The molecule has 1 aromatic carbocycles. The van der Waals surface area contributed by atoms with Gasteiger partial charge in [-0.15, -0.1) is 0 Å². The second-order valence-corrected chi connectivity index (χ2v) is 8.20. The summed E-state index contributed by atoms with van der Waals surface area (Å²) >= 11 is 0. The number of hydrogen-bond donors (Lipinski definition) is 0. The molecule has 0 N–H and O–H groups in total. The van der Waals surface area contributed by atoms with Crippen molar-refractivity contribution in [3.8, 4) is 11.3 Å². The quantitative estimate of drug-likeness (QED) is 0.773. The Hall–Kier alpha value is -2.71. The van der Waals surface area contributed by atoms with Gasteiger partial charge in [-0.25, -0.2) is 4.68 Å². The minimum absolute atomic E-state index is 0.0343. The van der Waals surface area contributed by atoms with E-state index in [0.29, 0.717) is 57.9 Å². The van der Waals surface area contributed by atoms with Crippen molar-refractivity contribution < 1.29 is 19.1 Å². The standard InChI is InChI=1S/C22H26N4O4/c1-16-2-4-17(5-3-16)18-14-19-25(20(27)6-9-26(19)23-18)15-21(28)24-10-7-22(8-11-24)29-12-13-30-22/h2-5,14H,6-13,15H2,1H3. The molecule has 3 aliphatic rings. The molecule has 0 aliphatic carbocycles. The van der Waals surface area contributed by atoms with Crippen LogP contribution in [-0.4, -0.2) is 65.1 Å². The number of nitrogens with zero attached hydrogens (tertiary/aromatic N) is 4. The number of likely N-dealkylation sites (tertiary alicyclic amines) is 1. The van der Waals surface area contributed by atoms with E-state index in [-0.39, 0.29) is 18.4 Å². The number of aryl methyl sites for hydroxylation is 2. The van der Waals surface area contributed by atoms with Crippen molar-refractivity contribution in [2.75, 3.05) is 37.7 Å². The number of piperidine rings is 1. The van der Waals surface area contributed by atoms with Crippen molar-refractivity contribution in [2.24, 2.45) is 0 Å². The van der Waals surface area contributed by atoms with Crippen LogP contribution in [0.3, 0.4) is 0 Å². The van der Waals surface area contributed by atoms with E-state index in [4.69, 9.17) is 9.47 Å². The number of benzene rings is 1. The zero-order chi connectivity index (χ0) is 20.7. The Morgan fingerprint density at radius 2 is 1.80 bits per heavy atom. The third-order valence-corrected chi connectivity index (χ3v) is 6.21. The summed E-state index contributed by atoms with van der Waals surface area (Å²) in [5.41, 5.74) is 2.99. The lowest BCUT2D eigenvalue weighted by Crippen LogP contribution is -2.51. The molecule has 1 aromatic heterocycles. The average Bonchev–Trinajstić information content (AvgIpc) is 3.39. The van der Waals surface area contributed by atoms with Crippen molar-refractivity contribution in [2.45, 2.75) is 38.5 Å². The molecule has 2 fully saturated rings. The highest BCUT2D eigenvalue weighted by Gasteiger charge is 2.41. The largest absolute Gasteiger partial charge is 0.347 e. The van der Waals surface area contributed by atoms with Crippen LogP contribution >= 0.6 is 0 Å². The van der Waals surface area contributed by atoms with Crippen molar-refractivity contribution >= 4 is 17.6 Å². The molecule has 1 spiro atoms. The number of carbonyl (C=O) groups is 2. The highest BCUT2D eigenvalue weighted by atomic mass is 16.7. The van der Waals surface area contributed by atoms with Crippen LogP contribution in [0.2, 0.25) is 0 Å². The summed E-state index contributed by atoms with van der Waals surface area (Å²) < 4.78 is 13.3. The van der Waals surface area contributed by atoms with Gasteiger partial charge in [0, 0.05) is 44.0 Å². The fraction of sp³-hybridized carbons (Fsp3) is 0.500. The lowest BCUT2D eigenvalue weighted by molar-refractivity contribution is -0.187. The van der Waals surface area contributed by atoms with E-state index >= 15 is 0 Å². The maximum atomic E-state index is 13.0.